The lowest BCUT2D eigenvalue weighted by atomic mass is 10.0. The number of aromatic nitrogens is 2. The molecule has 1 aromatic carbocycles. The quantitative estimate of drug-likeness (QED) is 0.915. The zero-order chi connectivity index (χ0) is 13.8. The van der Waals surface area contributed by atoms with E-state index >= 15 is 0 Å². The maximum atomic E-state index is 13.4. The van der Waals surface area contributed by atoms with Crippen molar-refractivity contribution >= 4 is 11.8 Å². The molecule has 0 bridgehead atoms. The highest BCUT2D eigenvalue weighted by Gasteiger charge is 2.10. The van der Waals surface area contributed by atoms with Crippen LogP contribution in [0, 0.1) is 5.82 Å². The van der Waals surface area contributed by atoms with Gasteiger partial charge in [-0.05, 0) is 36.6 Å². The Hall–Kier alpha value is -1.33. The molecule has 1 unspecified atom stereocenters. The summed E-state index contributed by atoms with van der Waals surface area (Å²) in [6, 6.07) is 4.94. The van der Waals surface area contributed by atoms with Gasteiger partial charge in [0.15, 0.2) is 0 Å². The highest BCUT2D eigenvalue weighted by Crippen LogP contribution is 2.31. The van der Waals surface area contributed by atoms with Crippen molar-refractivity contribution in [2.24, 2.45) is 12.8 Å². The number of nitrogens with zero attached hydrogens (tertiary/aromatic N) is 2. The normalized spacial score (nSPS) is 12.6. The first-order valence-electron chi connectivity index (χ1n) is 6.29. The Balaban J connectivity index is 2.23. The van der Waals surface area contributed by atoms with Crippen LogP contribution in [0.25, 0.3) is 0 Å². The molecule has 5 heteroatoms. The van der Waals surface area contributed by atoms with Crippen molar-refractivity contribution < 1.29 is 4.39 Å². The van der Waals surface area contributed by atoms with Gasteiger partial charge in [0.25, 0.3) is 0 Å². The van der Waals surface area contributed by atoms with Gasteiger partial charge in [-0.1, -0.05) is 18.7 Å². The van der Waals surface area contributed by atoms with E-state index in [9.17, 15) is 4.39 Å². The summed E-state index contributed by atoms with van der Waals surface area (Å²) in [7, 11) is 1.88. The Labute approximate surface area is 117 Å². The van der Waals surface area contributed by atoms with Crippen molar-refractivity contribution in [2.45, 2.75) is 35.6 Å². The van der Waals surface area contributed by atoms with Crippen LogP contribution >= 0.6 is 11.8 Å². The molecular weight excluding hydrogens is 261 g/mol. The lowest BCUT2D eigenvalue weighted by molar-refractivity contribution is 0.610. The summed E-state index contributed by atoms with van der Waals surface area (Å²) < 4.78 is 15.1. The second kappa shape index (κ2) is 6.21. The number of benzene rings is 1. The van der Waals surface area contributed by atoms with E-state index in [2.05, 4.69) is 5.10 Å². The highest BCUT2D eigenvalue weighted by atomic mass is 32.2. The molecule has 0 spiro atoms. The molecule has 2 aromatic rings. The van der Waals surface area contributed by atoms with Crippen molar-refractivity contribution in [2.75, 3.05) is 0 Å². The first kappa shape index (κ1) is 14.1. The van der Waals surface area contributed by atoms with Crippen LogP contribution in [-0.4, -0.2) is 15.8 Å². The molecule has 1 aromatic heterocycles. The molecule has 19 heavy (non-hydrogen) atoms. The molecule has 0 fully saturated rings. The zero-order valence-corrected chi connectivity index (χ0v) is 12.0. The maximum Gasteiger partial charge on any atom is 0.123 e. The second-order valence-corrected chi connectivity index (χ2v) is 5.69. The van der Waals surface area contributed by atoms with Gasteiger partial charge in [0.05, 0.1) is 11.1 Å². The van der Waals surface area contributed by atoms with Crippen LogP contribution < -0.4 is 5.73 Å². The van der Waals surface area contributed by atoms with Gasteiger partial charge in [0.1, 0.15) is 5.82 Å². The minimum Gasteiger partial charge on any atom is -0.327 e. The predicted octanol–water partition coefficient (Wildman–Crippen LogP) is 2.99. The Kier molecular flexibility index (Phi) is 4.61. The largest absolute Gasteiger partial charge is 0.327 e. The fraction of sp³-hybridized carbons (Fsp3) is 0.357. The molecule has 0 saturated carbocycles. The van der Waals surface area contributed by atoms with Crippen LogP contribution in [0.3, 0.4) is 0 Å². The van der Waals surface area contributed by atoms with Crippen LogP contribution in [0.4, 0.5) is 4.39 Å². The summed E-state index contributed by atoms with van der Waals surface area (Å²) in [5.74, 6) is -0.214. The lowest BCUT2D eigenvalue weighted by Gasteiger charge is -2.12. The standard InChI is InChI=1S/C14H18FN3S/c1-3-12(16)7-10-6-11(15)4-5-14(10)19-13-8-17-18(2)9-13/h4-6,8-9,12H,3,7,16H2,1-2H3. The third-order valence-electron chi connectivity index (χ3n) is 2.94. The van der Waals surface area contributed by atoms with Gasteiger partial charge < -0.3 is 5.73 Å². The number of nitrogens with two attached hydrogens (primary N) is 1. The first-order valence-corrected chi connectivity index (χ1v) is 7.10. The minimum atomic E-state index is -0.214. The van der Waals surface area contributed by atoms with E-state index in [1.54, 1.807) is 28.7 Å². The number of hydrogen-bond donors (Lipinski definition) is 1. The number of hydrogen-bond acceptors (Lipinski definition) is 3. The number of rotatable bonds is 5. The molecule has 102 valence electrons. The molecule has 1 heterocycles. The second-order valence-electron chi connectivity index (χ2n) is 4.58. The van der Waals surface area contributed by atoms with Crippen molar-refractivity contribution in [3.63, 3.8) is 0 Å². The molecule has 3 nitrogen and oxygen atoms in total. The minimum absolute atomic E-state index is 0.0649. The molecule has 2 rings (SSSR count). The zero-order valence-electron chi connectivity index (χ0n) is 11.1. The molecule has 0 radical (unpaired) electrons. The summed E-state index contributed by atoms with van der Waals surface area (Å²) in [6.07, 6.45) is 5.32. The molecule has 0 saturated heterocycles. The van der Waals surface area contributed by atoms with Crippen LogP contribution in [0.1, 0.15) is 18.9 Å². The Morgan fingerprint density at radius 3 is 2.89 bits per heavy atom. The van der Waals surface area contributed by atoms with Crippen LogP contribution in [0.5, 0.6) is 0 Å². The topological polar surface area (TPSA) is 43.8 Å². The van der Waals surface area contributed by atoms with E-state index in [0.717, 1.165) is 21.8 Å². The third-order valence-corrected chi connectivity index (χ3v) is 4.00. The van der Waals surface area contributed by atoms with Gasteiger partial charge >= 0.3 is 0 Å². The van der Waals surface area contributed by atoms with Gasteiger partial charge in [-0.15, -0.1) is 0 Å². The fourth-order valence-corrected chi connectivity index (χ4v) is 2.78. The Bertz CT molecular complexity index is 553. The number of halogens is 1. The molecule has 0 aliphatic carbocycles. The first-order chi connectivity index (χ1) is 9.08. The summed E-state index contributed by atoms with van der Waals surface area (Å²) in [4.78, 5) is 2.08. The van der Waals surface area contributed by atoms with Gasteiger partial charge in [-0.25, -0.2) is 4.39 Å². The fourth-order valence-electron chi connectivity index (χ4n) is 1.81. The summed E-state index contributed by atoms with van der Waals surface area (Å²) >= 11 is 1.59. The molecule has 0 aliphatic rings. The maximum absolute atomic E-state index is 13.4. The average Bonchev–Trinajstić information content (AvgIpc) is 2.78. The summed E-state index contributed by atoms with van der Waals surface area (Å²) in [5, 5.41) is 4.13. The monoisotopic (exact) mass is 279 g/mol. The van der Waals surface area contributed by atoms with E-state index in [1.807, 2.05) is 26.2 Å². The molecule has 1 atom stereocenters. The summed E-state index contributed by atoms with van der Waals surface area (Å²) in [5.41, 5.74) is 6.93. The van der Waals surface area contributed by atoms with E-state index in [4.69, 9.17) is 5.73 Å². The van der Waals surface area contributed by atoms with Crippen molar-refractivity contribution in [1.82, 2.24) is 9.78 Å². The Morgan fingerprint density at radius 1 is 1.47 bits per heavy atom. The van der Waals surface area contributed by atoms with Gasteiger partial charge in [-0.3, -0.25) is 4.68 Å². The summed E-state index contributed by atoms with van der Waals surface area (Å²) in [6.45, 7) is 2.04. The van der Waals surface area contributed by atoms with Gasteiger partial charge in [-0.2, -0.15) is 5.10 Å². The van der Waals surface area contributed by atoms with E-state index < -0.39 is 0 Å². The number of aryl methyl sites for hydroxylation is 1. The van der Waals surface area contributed by atoms with Crippen molar-refractivity contribution in [3.8, 4) is 0 Å². The molecule has 0 aliphatic heterocycles. The van der Waals surface area contributed by atoms with Crippen molar-refractivity contribution in [3.05, 3.63) is 42.0 Å². The highest BCUT2D eigenvalue weighted by molar-refractivity contribution is 7.99. The molecular formula is C14H18FN3S. The van der Waals surface area contributed by atoms with Crippen molar-refractivity contribution in [1.29, 1.82) is 0 Å². The third kappa shape index (κ3) is 3.81. The smallest absolute Gasteiger partial charge is 0.123 e. The molecule has 0 amide bonds. The van der Waals surface area contributed by atoms with Gasteiger partial charge in [0.2, 0.25) is 0 Å². The van der Waals surface area contributed by atoms with E-state index in [1.165, 1.54) is 6.07 Å². The van der Waals surface area contributed by atoms with Crippen LogP contribution in [0.2, 0.25) is 0 Å². The molecule has 2 N–H and O–H groups in total. The van der Waals surface area contributed by atoms with Crippen LogP contribution in [0.15, 0.2) is 40.4 Å². The average molecular weight is 279 g/mol. The SMILES string of the molecule is CCC(N)Cc1cc(F)ccc1Sc1cnn(C)c1. The van der Waals surface area contributed by atoms with E-state index in [-0.39, 0.29) is 11.9 Å². The van der Waals surface area contributed by atoms with Crippen LogP contribution in [-0.2, 0) is 13.5 Å². The predicted molar refractivity (Wildman–Crippen MR) is 75.7 cm³/mol. The lowest BCUT2D eigenvalue weighted by Crippen LogP contribution is -2.21. The Morgan fingerprint density at radius 2 is 2.26 bits per heavy atom. The van der Waals surface area contributed by atoms with Gasteiger partial charge in [0, 0.05) is 24.2 Å². The van der Waals surface area contributed by atoms with E-state index in [0.29, 0.717) is 6.42 Å².